The fourth-order valence-corrected chi connectivity index (χ4v) is 2.80. The Balaban J connectivity index is 1.37. The van der Waals surface area contributed by atoms with Gasteiger partial charge in [0.1, 0.15) is 5.82 Å². The number of carbonyl (C=O) groups is 1. The van der Waals surface area contributed by atoms with Gasteiger partial charge in [0.05, 0.1) is 0 Å². The Morgan fingerprint density at radius 1 is 1.47 bits per heavy atom. The maximum Gasteiger partial charge on any atom is 0.314 e. The van der Waals surface area contributed by atoms with Crippen molar-refractivity contribution in [1.29, 1.82) is 0 Å². The van der Waals surface area contributed by atoms with Gasteiger partial charge in [-0.25, -0.2) is 9.78 Å². The van der Waals surface area contributed by atoms with Gasteiger partial charge >= 0.3 is 6.03 Å². The molecular formula is C14H22N4O. The number of fused-ring (bicyclic) bond motifs is 1. The lowest BCUT2D eigenvalue weighted by atomic mass is 9.98. The third-order valence-corrected chi connectivity index (χ3v) is 4.40. The second-order valence-electron chi connectivity index (χ2n) is 5.96. The van der Waals surface area contributed by atoms with E-state index in [4.69, 9.17) is 0 Å². The summed E-state index contributed by atoms with van der Waals surface area (Å²) in [5.41, 5.74) is 0. The summed E-state index contributed by atoms with van der Waals surface area (Å²) >= 11 is 0. The number of carbonyl (C=O) groups excluding carboxylic acids is 1. The molecule has 2 N–H and O–H groups in total. The molecule has 1 aliphatic heterocycles. The molecule has 0 bridgehead atoms. The zero-order chi connectivity index (χ0) is 13.2. The highest BCUT2D eigenvalue weighted by Gasteiger charge is 2.32. The Morgan fingerprint density at radius 3 is 3.05 bits per heavy atom. The molecule has 0 saturated heterocycles. The molecule has 1 saturated carbocycles. The van der Waals surface area contributed by atoms with Crippen LogP contribution >= 0.6 is 0 Å². The average Bonchev–Trinajstić information content (AvgIpc) is 2.92. The lowest BCUT2D eigenvalue weighted by molar-refractivity contribution is 0.236. The van der Waals surface area contributed by atoms with Crippen molar-refractivity contribution in [2.24, 2.45) is 17.8 Å². The van der Waals surface area contributed by atoms with Crippen LogP contribution in [-0.2, 0) is 13.0 Å². The number of nitrogens with one attached hydrogen (secondary N) is 2. The molecular weight excluding hydrogens is 240 g/mol. The standard InChI is InChI=1S/C14H22N4O/c1-10-6-12(10)9-17-14(19)16-8-11-2-4-18-5-3-15-13(18)7-11/h3,5,10-12H,2,4,6-9H2,1H3,(H2,16,17,19)/t10-,11-,12+/m1/s1. The zero-order valence-corrected chi connectivity index (χ0v) is 11.4. The summed E-state index contributed by atoms with van der Waals surface area (Å²) in [7, 11) is 0. The lowest BCUT2D eigenvalue weighted by Gasteiger charge is -2.23. The fraction of sp³-hybridized carbons (Fsp3) is 0.714. The molecule has 19 heavy (non-hydrogen) atoms. The predicted octanol–water partition coefficient (Wildman–Crippen LogP) is 1.40. The Bertz CT molecular complexity index is 456. The molecule has 3 rings (SSSR count). The minimum Gasteiger partial charge on any atom is -0.338 e. The van der Waals surface area contributed by atoms with Gasteiger partial charge in [0.15, 0.2) is 0 Å². The molecule has 1 aliphatic carbocycles. The molecule has 1 fully saturated rings. The summed E-state index contributed by atoms with van der Waals surface area (Å²) in [4.78, 5) is 16.0. The van der Waals surface area contributed by atoms with Crippen molar-refractivity contribution in [2.75, 3.05) is 13.1 Å². The van der Waals surface area contributed by atoms with Crippen LogP contribution in [0.25, 0.3) is 0 Å². The highest BCUT2D eigenvalue weighted by atomic mass is 16.2. The van der Waals surface area contributed by atoms with E-state index in [1.54, 1.807) is 0 Å². The Hall–Kier alpha value is -1.52. The van der Waals surface area contributed by atoms with E-state index >= 15 is 0 Å². The van der Waals surface area contributed by atoms with Gasteiger partial charge in [0.2, 0.25) is 0 Å². The smallest absolute Gasteiger partial charge is 0.314 e. The van der Waals surface area contributed by atoms with E-state index in [1.165, 1.54) is 6.42 Å². The van der Waals surface area contributed by atoms with Crippen molar-refractivity contribution in [3.63, 3.8) is 0 Å². The zero-order valence-electron chi connectivity index (χ0n) is 11.4. The van der Waals surface area contributed by atoms with Crippen LogP contribution < -0.4 is 10.6 Å². The second kappa shape index (κ2) is 5.23. The van der Waals surface area contributed by atoms with Crippen LogP contribution in [-0.4, -0.2) is 28.7 Å². The number of hydrogen-bond acceptors (Lipinski definition) is 2. The highest BCUT2D eigenvalue weighted by molar-refractivity contribution is 5.73. The van der Waals surface area contributed by atoms with Gasteiger partial charge in [-0.1, -0.05) is 6.92 Å². The van der Waals surface area contributed by atoms with E-state index < -0.39 is 0 Å². The average molecular weight is 262 g/mol. The van der Waals surface area contributed by atoms with E-state index in [1.807, 2.05) is 12.4 Å². The first kappa shape index (κ1) is 12.5. The van der Waals surface area contributed by atoms with Crippen LogP contribution in [0.3, 0.4) is 0 Å². The number of amides is 2. The Morgan fingerprint density at radius 2 is 2.26 bits per heavy atom. The molecule has 5 nitrogen and oxygen atoms in total. The molecule has 1 aromatic rings. The van der Waals surface area contributed by atoms with Gasteiger partial charge in [-0.3, -0.25) is 0 Å². The monoisotopic (exact) mass is 262 g/mol. The number of rotatable bonds is 4. The van der Waals surface area contributed by atoms with Crippen molar-refractivity contribution in [3.8, 4) is 0 Å². The Labute approximate surface area is 113 Å². The molecule has 104 valence electrons. The first-order valence-corrected chi connectivity index (χ1v) is 7.24. The van der Waals surface area contributed by atoms with Crippen LogP contribution in [0, 0.1) is 17.8 Å². The maximum atomic E-state index is 11.7. The van der Waals surface area contributed by atoms with Crippen LogP contribution in [0.5, 0.6) is 0 Å². The van der Waals surface area contributed by atoms with Crippen LogP contribution in [0.1, 0.15) is 25.6 Å². The predicted molar refractivity (Wildman–Crippen MR) is 72.7 cm³/mol. The van der Waals surface area contributed by atoms with Gasteiger partial charge in [-0.2, -0.15) is 0 Å². The summed E-state index contributed by atoms with van der Waals surface area (Å²) in [6.45, 7) is 4.82. The van der Waals surface area contributed by atoms with Gasteiger partial charge in [0.25, 0.3) is 0 Å². The van der Waals surface area contributed by atoms with E-state index in [2.05, 4.69) is 27.1 Å². The molecule has 0 spiro atoms. The normalized spacial score (nSPS) is 28.6. The molecule has 2 aliphatic rings. The lowest BCUT2D eigenvalue weighted by Crippen LogP contribution is -2.40. The van der Waals surface area contributed by atoms with E-state index in [0.29, 0.717) is 11.8 Å². The summed E-state index contributed by atoms with van der Waals surface area (Å²) in [6.07, 6.45) is 7.22. The van der Waals surface area contributed by atoms with Gasteiger partial charge in [-0.15, -0.1) is 0 Å². The van der Waals surface area contributed by atoms with Gasteiger partial charge in [-0.05, 0) is 30.6 Å². The molecule has 5 heteroatoms. The minimum atomic E-state index is -0.0204. The summed E-state index contributed by atoms with van der Waals surface area (Å²) in [5.74, 6) is 3.15. The molecule has 2 amide bonds. The maximum absolute atomic E-state index is 11.7. The van der Waals surface area contributed by atoms with E-state index in [9.17, 15) is 4.79 Å². The SMILES string of the molecule is C[C@@H]1C[C@H]1CNC(=O)NC[C@@H]1CCn2ccnc2C1. The third-order valence-electron chi connectivity index (χ3n) is 4.40. The quantitative estimate of drug-likeness (QED) is 0.861. The molecule has 1 aromatic heterocycles. The largest absolute Gasteiger partial charge is 0.338 e. The number of nitrogens with zero attached hydrogens (tertiary/aromatic N) is 2. The molecule has 0 radical (unpaired) electrons. The summed E-state index contributed by atoms with van der Waals surface area (Å²) in [5, 5.41) is 5.94. The third kappa shape index (κ3) is 3.08. The number of aromatic nitrogens is 2. The fourth-order valence-electron chi connectivity index (χ4n) is 2.80. The topological polar surface area (TPSA) is 59.0 Å². The van der Waals surface area contributed by atoms with E-state index in [-0.39, 0.29) is 6.03 Å². The second-order valence-corrected chi connectivity index (χ2v) is 5.96. The van der Waals surface area contributed by atoms with Crippen molar-refractivity contribution >= 4 is 6.03 Å². The highest BCUT2D eigenvalue weighted by Crippen LogP contribution is 2.36. The molecule has 0 unspecified atom stereocenters. The molecule has 3 atom stereocenters. The first-order chi connectivity index (χ1) is 9.22. The molecule has 2 heterocycles. The summed E-state index contributed by atoms with van der Waals surface area (Å²) in [6, 6.07) is -0.0204. The summed E-state index contributed by atoms with van der Waals surface area (Å²) < 4.78 is 2.20. The van der Waals surface area contributed by atoms with Crippen molar-refractivity contribution in [2.45, 2.75) is 32.7 Å². The number of aryl methyl sites for hydroxylation is 1. The van der Waals surface area contributed by atoms with Crippen molar-refractivity contribution in [3.05, 3.63) is 18.2 Å². The van der Waals surface area contributed by atoms with Gasteiger partial charge < -0.3 is 15.2 Å². The van der Waals surface area contributed by atoms with Crippen LogP contribution in [0.4, 0.5) is 4.79 Å². The Kier molecular flexibility index (Phi) is 3.44. The van der Waals surface area contributed by atoms with Crippen LogP contribution in [0.15, 0.2) is 12.4 Å². The minimum absolute atomic E-state index is 0.0204. The molecule has 0 aromatic carbocycles. The van der Waals surface area contributed by atoms with Crippen LogP contribution in [0.2, 0.25) is 0 Å². The number of imidazole rings is 1. The number of hydrogen-bond donors (Lipinski definition) is 2. The van der Waals surface area contributed by atoms with E-state index in [0.717, 1.165) is 44.2 Å². The first-order valence-electron chi connectivity index (χ1n) is 7.24. The van der Waals surface area contributed by atoms with Crippen molar-refractivity contribution in [1.82, 2.24) is 20.2 Å². The number of urea groups is 1. The van der Waals surface area contributed by atoms with Gasteiger partial charge in [0, 0.05) is 38.4 Å². The van der Waals surface area contributed by atoms with Crippen molar-refractivity contribution < 1.29 is 4.79 Å².